The van der Waals surface area contributed by atoms with Crippen molar-refractivity contribution in [2.75, 3.05) is 7.11 Å². The van der Waals surface area contributed by atoms with E-state index in [9.17, 15) is 14.0 Å². The number of aromatic nitrogens is 2. The van der Waals surface area contributed by atoms with Crippen LogP contribution in [0.4, 0.5) is 4.39 Å². The first-order chi connectivity index (χ1) is 9.15. The summed E-state index contributed by atoms with van der Waals surface area (Å²) in [6.07, 6.45) is 0. The van der Waals surface area contributed by atoms with Crippen LogP contribution >= 0.6 is 0 Å². The highest BCUT2D eigenvalue weighted by molar-refractivity contribution is 5.89. The number of H-pyrrole nitrogens is 1. The Labute approximate surface area is 108 Å². The largest absolute Gasteiger partial charge is 0.465 e. The molecule has 19 heavy (non-hydrogen) atoms. The normalized spacial score (nSPS) is 10.2. The lowest BCUT2D eigenvalue weighted by molar-refractivity contribution is 0.0598. The number of halogens is 1. The van der Waals surface area contributed by atoms with Gasteiger partial charge in [-0.05, 0) is 11.6 Å². The lowest BCUT2D eigenvalue weighted by Crippen LogP contribution is -2.20. The third-order valence-corrected chi connectivity index (χ3v) is 2.61. The maximum absolute atomic E-state index is 12.4. The molecular formula is C13H11FN2O3. The van der Waals surface area contributed by atoms with Crippen LogP contribution < -0.4 is 5.56 Å². The fourth-order valence-corrected chi connectivity index (χ4v) is 1.58. The van der Waals surface area contributed by atoms with Gasteiger partial charge in [-0.2, -0.15) is 5.10 Å². The molecule has 0 bridgehead atoms. The lowest BCUT2D eigenvalue weighted by Gasteiger charge is -2.03. The third-order valence-electron chi connectivity index (χ3n) is 2.61. The second-order valence-electron chi connectivity index (χ2n) is 3.82. The van der Waals surface area contributed by atoms with E-state index in [0.29, 0.717) is 16.8 Å². The number of carbonyl (C=O) groups is 1. The second-order valence-corrected chi connectivity index (χ2v) is 3.82. The van der Waals surface area contributed by atoms with Crippen molar-refractivity contribution in [2.45, 2.75) is 6.67 Å². The number of nitrogens with one attached hydrogen (secondary N) is 1. The maximum atomic E-state index is 12.4. The first-order valence-electron chi connectivity index (χ1n) is 5.49. The molecule has 0 saturated heterocycles. The molecule has 1 aromatic carbocycles. The van der Waals surface area contributed by atoms with Crippen molar-refractivity contribution in [3.8, 4) is 11.3 Å². The number of benzene rings is 1. The molecule has 6 heteroatoms. The molecule has 0 aliphatic rings. The summed E-state index contributed by atoms with van der Waals surface area (Å²) >= 11 is 0. The summed E-state index contributed by atoms with van der Waals surface area (Å²) in [6.45, 7) is -0.549. The van der Waals surface area contributed by atoms with Gasteiger partial charge in [-0.3, -0.25) is 4.79 Å². The van der Waals surface area contributed by atoms with Crippen molar-refractivity contribution in [3.63, 3.8) is 0 Å². The number of alkyl halides is 1. The molecule has 5 nitrogen and oxygen atoms in total. The van der Waals surface area contributed by atoms with E-state index >= 15 is 0 Å². The topological polar surface area (TPSA) is 72.0 Å². The summed E-state index contributed by atoms with van der Waals surface area (Å²) in [4.78, 5) is 22.8. The monoisotopic (exact) mass is 262 g/mol. The number of carbonyl (C=O) groups excluding carboxylic acids is 1. The van der Waals surface area contributed by atoms with Gasteiger partial charge in [0, 0.05) is 5.56 Å². The predicted molar refractivity (Wildman–Crippen MR) is 66.4 cm³/mol. The van der Waals surface area contributed by atoms with E-state index in [4.69, 9.17) is 0 Å². The van der Waals surface area contributed by atoms with Gasteiger partial charge in [0.2, 0.25) is 0 Å². The van der Waals surface area contributed by atoms with Gasteiger partial charge in [0.25, 0.3) is 5.56 Å². The van der Waals surface area contributed by atoms with Crippen molar-refractivity contribution in [3.05, 3.63) is 51.8 Å². The van der Waals surface area contributed by atoms with Crippen LogP contribution in [0.2, 0.25) is 0 Å². The van der Waals surface area contributed by atoms with Gasteiger partial charge < -0.3 is 4.74 Å². The van der Waals surface area contributed by atoms with Crippen LogP contribution in [-0.2, 0) is 11.4 Å². The fourth-order valence-electron chi connectivity index (χ4n) is 1.58. The molecule has 0 unspecified atom stereocenters. The molecule has 1 aromatic heterocycles. The first kappa shape index (κ1) is 12.9. The molecule has 0 aliphatic heterocycles. The average molecular weight is 262 g/mol. The number of esters is 1. The average Bonchev–Trinajstić information content (AvgIpc) is 2.47. The van der Waals surface area contributed by atoms with Crippen LogP contribution in [-0.4, -0.2) is 23.3 Å². The summed E-state index contributed by atoms with van der Waals surface area (Å²) < 4.78 is 16.9. The van der Waals surface area contributed by atoms with Crippen molar-refractivity contribution in [2.24, 2.45) is 0 Å². The summed E-state index contributed by atoms with van der Waals surface area (Å²) in [7, 11) is 1.19. The molecule has 2 aromatic rings. The van der Waals surface area contributed by atoms with Crippen LogP contribution in [0.1, 0.15) is 15.9 Å². The zero-order chi connectivity index (χ0) is 13.8. The molecule has 0 atom stereocenters. The minimum Gasteiger partial charge on any atom is -0.465 e. The fraction of sp³-hybridized carbons (Fsp3) is 0.154. The number of aromatic amines is 1. The number of methoxy groups -OCH3 is 1. The Kier molecular flexibility index (Phi) is 3.70. The Bertz CT molecular complexity index is 650. The highest BCUT2D eigenvalue weighted by atomic mass is 19.1. The quantitative estimate of drug-likeness (QED) is 0.854. The van der Waals surface area contributed by atoms with Crippen molar-refractivity contribution >= 4 is 5.97 Å². The van der Waals surface area contributed by atoms with Gasteiger partial charge in [0.15, 0.2) is 0 Å². The summed E-state index contributed by atoms with van der Waals surface area (Å²) in [6, 6.07) is 7.89. The Morgan fingerprint density at radius 3 is 2.63 bits per heavy atom. The van der Waals surface area contributed by atoms with E-state index in [2.05, 4.69) is 14.9 Å². The first-order valence-corrected chi connectivity index (χ1v) is 5.49. The van der Waals surface area contributed by atoms with Crippen molar-refractivity contribution < 1.29 is 13.9 Å². The van der Waals surface area contributed by atoms with Crippen LogP contribution in [0.15, 0.2) is 35.1 Å². The third kappa shape index (κ3) is 2.67. The van der Waals surface area contributed by atoms with E-state index in [0.717, 1.165) is 0 Å². The number of rotatable bonds is 3. The van der Waals surface area contributed by atoms with Crippen LogP contribution in [0.25, 0.3) is 11.3 Å². The highest BCUT2D eigenvalue weighted by Crippen LogP contribution is 2.17. The second kappa shape index (κ2) is 5.43. The molecule has 0 aliphatic carbocycles. The van der Waals surface area contributed by atoms with Gasteiger partial charge in [0.05, 0.1) is 12.8 Å². The minimum absolute atomic E-state index is 0.123. The van der Waals surface area contributed by atoms with E-state index in [1.807, 2.05) is 0 Å². The summed E-state index contributed by atoms with van der Waals surface area (Å²) in [5.74, 6) is -0.731. The van der Waals surface area contributed by atoms with Crippen LogP contribution in [0.3, 0.4) is 0 Å². The van der Waals surface area contributed by atoms with Gasteiger partial charge in [-0.1, -0.05) is 24.3 Å². The lowest BCUT2D eigenvalue weighted by atomic mass is 10.1. The number of ether oxygens (including phenoxy) is 1. The summed E-state index contributed by atoms with van der Waals surface area (Å²) in [5.41, 5.74) is 0.878. The predicted octanol–water partition coefficient (Wildman–Crippen LogP) is 1.69. The maximum Gasteiger partial charge on any atom is 0.343 e. The molecule has 1 N–H and O–H groups in total. The van der Waals surface area contributed by atoms with Crippen LogP contribution in [0, 0.1) is 0 Å². The number of hydrogen-bond donors (Lipinski definition) is 1. The van der Waals surface area contributed by atoms with Crippen molar-refractivity contribution in [1.82, 2.24) is 10.2 Å². The Morgan fingerprint density at radius 1 is 1.37 bits per heavy atom. The molecule has 0 radical (unpaired) electrons. The zero-order valence-corrected chi connectivity index (χ0v) is 10.1. The number of hydrogen-bond acceptors (Lipinski definition) is 4. The molecule has 0 saturated carbocycles. The number of nitrogens with zero attached hydrogens (tertiary/aromatic N) is 1. The van der Waals surface area contributed by atoms with Gasteiger partial charge in [-0.15, -0.1) is 0 Å². The van der Waals surface area contributed by atoms with E-state index < -0.39 is 18.2 Å². The molecular weight excluding hydrogens is 251 g/mol. The van der Waals surface area contributed by atoms with Gasteiger partial charge in [-0.25, -0.2) is 14.3 Å². The Balaban J connectivity index is 2.45. The van der Waals surface area contributed by atoms with Crippen molar-refractivity contribution in [1.29, 1.82) is 0 Å². The van der Waals surface area contributed by atoms with Gasteiger partial charge >= 0.3 is 5.97 Å². The molecule has 1 heterocycles. The van der Waals surface area contributed by atoms with E-state index in [1.165, 1.54) is 13.2 Å². The SMILES string of the molecule is COC(=O)c1cc(-c2ccc(CF)cc2)n[nH]c1=O. The molecule has 0 fully saturated rings. The molecule has 0 spiro atoms. The minimum atomic E-state index is -0.731. The molecule has 0 amide bonds. The van der Waals surface area contributed by atoms with Gasteiger partial charge in [0.1, 0.15) is 12.2 Å². The zero-order valence-electron chi connectivity index (χ0n) is 10.1. The standard InChI is InChI=1S/C13H11FN2O3/c1-19-13(18)10-6-11(15-16-12(10)17)9-4-2-8(7-14)3-5-9/h2-6H,7H2,1H3,(H,16,17). The van der Waals surface area contributed by atoms with E-state index in [1.54, 1.807) is 24.3 Å². The molecule has 2 rings (SSSR count). The Morgan fingerprint density at radius 2 is 2.05 bits per heavy atom. The highest BCUT2D eigenvalue weighted by Gasteiger charge is 2.13. The molecule has 98 valence electrons. The van der Waals surface area contributed by atoms with Crippen LogP contribution in [0.5, 0.6) is 0 Å². The smallest absolute Gasteiger partial charge is 0.343 e. The van der Waals surface area contributed by atoms with E-state index in [-0.39, 0.29) is 5.56 Å². The Hall–Kier alpha value is -2.50. The summed E-state index contributed by atoms with van der Waals surface area (Å²) in [5, 5.41) is 6.07.